The van der Waals surface area contributed by atoms with E-state index >= 15 is 0 Å². The molecule has 0 heterocycles. The van der Waals surface area contributed by atoms with Crippen LogP contribution < -0.4 is 15.7 Å². The molecule has 1 saturated carbocycles. The van der Waals surface area contributed by atoms with Crippen LogP contribution in [0.25, 0.3) is 11.1 Å². The molecule has 5 rings (SSSR count). The number of likely N-dealkylation sites (N-methyl/N-ethyl adjacent to an activating group) is 1. The predicted octanol–water partition coefficient (Wildman–Crippen LogP) is 7.67. The molecular formula is C39H49N4O6P. The normalized spacial score (nSPS) is 16.3. The number of ether oxygens (including phenoxy) is 1. The minimum Gasteiger partial charge on any atom is -0.436 e. The Hall–Kier alpha value is -4.24. The molecule has 0 aliphatic heterocycles. The van der Waals surface area contributed by atoms with Gasteiger partial charge in [0.05, 0.1) is 6.61 Å². The average molecular weight is 701 g/mol. The van der Waals surface area contributed by atoms with E-state index in [0.29, 0.717) is 30.7 Å². The Morgan fingerprint density at radius 3 is 2.12 bits per heavy atom. The number of hydrogen-bond donors (Lipinski definition) is 3. The van der Waals surface area contributed by atoms with Crippen molar-refractivity contribution in [1.82, 2.24) is 15.3 Å². The van der Waals surface area contributed by atoms with Crippen molar-refractivity contribution >= 4 is 31.1 Å². The van der Waals surface area contributed by atoms with Gasteiger partial charge in [-0.15, -0.1) is 6.58 Å². The number of anilines is 1. The fraction of sp³-hybridized carbons (Fsp3) is 0.410. The lowest BCUT2D eigenvalue weighted by Crippen LogP contribution is -2.54. The summed E-state index contributed by atoms with van der Waals surface area (Å²) in [6.07, 6.45) is 5.02. The molecule has 11 heteroatoms. The van der Waals surface area contributed by atoms with Crippen molar-refractivity contribution in [2.24, 2.45) is 11.8 Å². The Morgan fingerprint density at radius 2 is 1.56 bits per heavy atom. The van der Waals surface area contributed by atoms with Gasteiger partial charge in [0, 0.05) is 36.6 Å². The quantitative estimate of drug-likeness (QED) is 0.103. The van der Waals surface area contributed by atoms with Gasteiger partial charge in [-0.25, -0.2) is 9.88 Å². The molecule has 2 aliphatic carbocycles. The highest BCUT2D eigenvalue weighted by atomic mass is 31.2. The first-order valence-electron chi connectivity index (χ1n) is 17.4. The molecule has 266 valence electrons. The first-order chi connectivity index (χ1) is 24.0. The van der Waals surface area contributed by atoms with Crippen LogP contribution in [0.3, 0.4) is 0 Å². The van der Waals surface area contributed by atoms with Gasteiger partial charge in [0.15, 0.2) is 6.10 Å². The third-order valence-corrected chi connectivity index (χ3v) is 11.5. The van der Waals surface area contributed by atoms with Crippen LogP contribution in [0.5, 0.6) is 0 Å². The van der Waals surface area contributed by atoms with Crippen LogP contribution >= 0.6 is 7.52 Å². The van der Waals surface area contributed by atoms with Gasteiger partial charge in [-0.2, -0.15) is 0 Å². The van der Waals surface area contributed by atoms with E-state index in [4.69, 9.17) is 9.26 Å². The third kappa shape index (κ3) is 8.91. The SMILES string of the molecule is C=CCCP(=O)(NCC1CCC1)OCc1ccc(NC(=O)[C@H](C)NC(=O)[C@H](C(C)C)N(C)C(=O)OC2c3ccccc3-c3ccccc32)cc1. The van der Waals surface area contributed by atoms with Crippen molar-refractivity contribution in [3.63, 3.8) is 0 Å². The number of carbonyl (C=O) groups excluding carboxylic acids is 3. The average Bonchev–Trinajstić information content (AvgIpc) is 3.39. The van der Waals surface area contributed by atoms with E-state index in [1.165, 1.54) is 18.4 Å². The summed E-state index contributed by atoms with van der Waals surface area (Å²) in [6, 6.07) is 21.0. The van der Waals surface area contributed by atoms with E-state index < -0.39 is 43.6 Å². The first kappa shape index (κ1) is 37.0. The number of hydrogen-bond acceptors (Lipinski definition) is 6. The number of rotatable bonds is 16. The number of benzene rings is 3. The summed E-state index contributed by atoms with van der Waals surface area (Å²) in [6.45, 7) is 9.87. The topological polar surface area (TPSA) is 126 Å². The number of nitrogens with one attached hydrogen (secondary N) is 3. The van der Waals surface area contributed by atoms with Gasteiger partial charge < -0.3 is 19.9 Å². The number of carbonyl (C=O) groups is 3. The fourth-order valence-corrected chi connectivity index (χ4v) is 8.15. The largest absolute Gasteiger partial charge is 0.436 e. The molecule has 0 spiro atoms. The lowest BCUT2D eigenvalue weighted by Gasteiger charge is -2.31. The summed E-state index contributed by atoms with van der Waals surface area (Å²) in [7, 11) is -1.48. The second kappa shape index (κ2) is 16.6. The van der Waals surface area contributed by atoms with E-state index in [2.05, 4.69) is 22.3 Å². The maximum absolute atomic E-state index is 13.5. The summed E-state index contributed by atoms with van der Waals surface area (Å²) in [4.78, 5) is 41.4. The van der Waals surface area contributed by atoms with Gasteiger partial charge in [0.25, 0.3) is 7.52 Å². The summed E-state index contributed by atoms with van der Waals surface area (Å²) in [5, 5.41) is 8.78. The number of allylic oxidation sites excluding steroid dienone is 1. The van der Waals surface area contributed by atoms with Gasteiger partial charge >= 0.3 is 6.09 Å². The standard InChI is InChI=1S/C39H49N4O6P/c1-6-7-23-50(47,40-24-28-13-12-14-28)48-25-29-19-21-30(22-20-29)42-37(44)27(4)41-38(45)35(26(2)3)43(5)39(46)49-36-33-17-10-8-15-31(33)32-16-9-11-18-34(32)36/h6,8-11,15-22,26-28,35-36H,1,7,12-14,23-25H2,2-5H3,(H,40,47)(H,41,45)(H,42,44)/t27-,35-,50?/m0/s1. The first-order valence-corrected chi connectivity index (χ1v) is 19.2. The van der Waals surface area contributed by atoms with Gasteiger partial charge in [-0.1, -0.05) is 87.0 Å². The molecule has 1 fully saturated rings. The minimum atomic E-state index is -3.02. The highest BCUT2D eigenvalue weighted by molar-refractivity contribution is 7.56. The number of fused-ring (bicyclic) bond motifs is 3. The van der Waals surface area contributed by atoms with Gasteiger partial charge in [0.2, 0.25) is 11.8 Å². The van der Waals surface area contributed by atoms with Gasteiger partial charge in [-0.05, 0) is 66.8 Å². The lowest BCUT2D eigenvalue weighted by molar-refractivity contribution is -0.130. The molecule has 3 atom stereocenters. The maximum Gasteiger partial charge on any atom is 0.411 e. The molecule has 0 radical (unpaired) electrons. The summed E-state index contributed by atoms with van der Waals surface area (Å²) in [5.41, 5.74) is 5.17. The van der Waals surface area contributed by atoms with Crippen molar-refractivity contribution in [3.05, 3.63) is 102 Å². The molecule has 3 amide bonds. The van der Waals surface area contributed by atoms with E-state index in [-0.39, 0.29) is 12.5 Å². The summed E-state index contributed by atoms with van der Waals surface area (Å²) >= 11 is 0. The van der Waals surface area contributed by atoms with Crippen LogP contribution in [0.4, 0.5) is 10.5 Å². The number of nitrogens with zero attached hydrogens (tertiary/aromatic N) is 1. The Labute approximate surface area is 295 Å². The molecular weight excluding hydrogens is 651 g/mol. The van der Waals surface area contributed by atoms with Crippen LogP contribution in [0.2, 0.25) is 0 Å². The molecule has 3 aromatic rings. The van der Waals surface area contributed by atoms with Crippen molar-refractivity contribution in [2.75, 3.05) is 25.1 Å². The van der Waals surface area contributed by atoms with Crippen LogP contribution in [-0.4, -0.2) is 54.6 Å². The Balaban J connectivity index is 1.14. The van der Waals surface area contributed by atoms with Crippen LogP contribution in [0.15, 0.2) is 85.5 Å². The minimum absolute atomic E-state index is 0.166. The fourth-order valence-electron chi connectivity index (χ4n) is 6.35. The van der Waals surface area contributed by atoms with Gasteiger partial charge in [0.1, 0.15) is 12.1 Å². The van der Waals surface area contributed by atoms with Crippen molar-refractivity contribution < 1.29 is 28.2 Å². The van der Waals surface area contributed by atoms with Crippen molar-refractivity contribution in [3.8, 4) is 11.1 Å². The summed E-state index contributed by atoms with van der Waals surface area (Å²) < 4.78 is 25.3. The Bertz CT molecular complexity index is 1680. The molecule has 0 aromatic heterocycles. The number of amides is 3. The Morgan fingerprint density at radius 1 is 0.940 bits per heavy atom. The zero-order valence-electron chi connectivity index (χ0n) is 29.4. The molecule has 2 aliphatic rings. The molecule has 3 aromatic carbocycles. The van der Waals surface area contributed by atoms with Crippen molar-refractivity contribution in [2.45, 2.75) is 71.2 Å². The van der Waals surface area contributed by atoms with E-state index in [9.17, 15) is 18.9 Å². The zero-order valence-corrected chi connectivity index (χ0v) is 30.3. The van der Waals surface area contributed by atoms with E-state index in [1.54, 1.807) is 37.3 Å². The highest BCUT2D eigenvalue weighted by Gasteiger charge is 2.36. The molecule has 3 N–H and O–H groups in total. The zero-order chi connectivity index (χ0) is 35.8. The Kier molecular flexibility index (Phi) is 12.3. The van der Waals surface area contributed by atoms with Crippen molar-refractivity contribution in [1.29, 1.82) is 0 Å². The van der Waals surface area contributed by atoms with Crippen LogP contribution in [-0.2, 0) is 30.0 Å². The second-order valence-corrected chi connectivity index (χ2v) is 15.9. The molecule has 1 unspecified atom stereocenters. The van der Waals surface area contributed by atoms with Gasteiger partial charge in [-0.3, -0.25) is 19.1 Å². The molecule has 10 nitrogen and oxygen atoms in total. The second-order valence-electron chi connectivity index (χ2n) is 13.6. The van der Waals surface area contributed by atoms with Crippen LogP contribution in [0.1, 0.15) is 69.2 Å². The summed E-state index contributed by atoms with van der Waals surface area (Å²) in [5.74, 6) is -0.586. The van der Waals surface area contributed by atoms with E-state index in [1.807, 2.05) is 62.4 Å². The predicted molar refractivity (Wildman–Crippen MR) is 197 cm³/mol. The third-order valence-electron chi connectivity index (χ3n) is 9.49. The molecule has 0 saturated heterocycles. The maximum atomic E-state index is 13.5. The monoisotopic (exact) mass is 700 g/mol. The lowest BCUT2D eigenvalue weighted by atomic mass is 9.86. The molecule has 0 bridgehead atoms. The smallest absolute Gasteiger partial charge is 0.411 e. The molecule has 50 heavy (non-hydrogen) atoms. The van der Waals surface area contributed by atoms with Crippen LogP contribution in [0, 0.1) is 11.8 Å². The highest BCUT2D eigenvalue weighted by Crippen LogP contribution is 2.46. The van der Waals surface area contributed by atoms with E-state index in [0.717, 1.165) is 40.7 Å².